The molecule has 0 fully saturated rings. The molecule has 0 saturated carbocycles. The first kappa shape index (κ1) is 19.6. The normalized spacial score (nSPS) is 11.4. The summed E-state index contributed by atoms with van der Waals surface area (Å²) in [4.78, 5) is 0. The quantitative estimate of drug-likeness (QED) is 0.488. The van der Waals surface area contributed by atoms with Crippen LogP contribution in [-0.2, 0) is 5.41 Å². The van der Waals surface area contributed by atoms with Crippen LogP contribution in [0.4, 0.5) is 0 Å². The van der Waals surface area contributed by atoms with Gasteiger partial charge in [0.25, 0.3) is 0 Å². The Labute approximate surface area is 155 Å². The summed E-state index contributed by atoms with van der Waals surface area (Å²) in [5.74, 6) is 2.32. The minimum absolute atomic E-state index is 0.113. The van der Waals surface area contributed by atoms with E-state index in [0.717, 1.165) is 17.9 Å². The molecule has 0 saturated heterocycles. The van der Waals surface area contributed by atoms with E-state index in [0.29, 0.717) is 25.5 Å². The van der Waals surface area contributed by atoms with Gasteiger partial charge in [0.05, 0.1) is 13.2 Å². The minimum atomic E-state index is -0.113. The number of hydrogen-bond acceptors (Lipinski definition) is 3. The van der Waals surface area contributed by atoms with E-state index in [1.165, 1.54) is 11.1 Å². The molecule has 0 aliphatic carbocycles. The first-order valence-electron chi connectivity index (χ1n) is 8.71. The van der Waals surface area contributed by atoms with Crippen LogP contribution in [0.25, 0.3) is 0 Å². The monoisotopic (exact) mass is 362 g/mol. The van der Waals surface area contributed by atoms with Crippen LogP contribution in [0.3, 0.4) is 0 Å². The van der Waals surface area contributed by atoms with Gasteiger partial charge in [0.2, 0.25) is 0 Å². The molecule has 2 aromatic rings. The fourth-order valence-electron chi connectivity index (χ4n) is 2.60. The highest BCUT2D eigenvalue weighted by Gasteiger charge is 2.23. The maximum atomic E-state index is 8.81. The van der Waals surface area contributed by atoms with Crippen LogP contribution in [0.15, 0.2) is 48.5 Å². The van der Waals surface area contributed by atoms with E-state index in [4.69, 9.17) is 26.2 Å². The lowest BCUT2D eigenvalue weighted by Crippen LogP contribution is -2.18. The van der Waals surface area contributed by atoms with Gasteiger partial charge in [0.1, 0.15) is 11.5 Å². The van der Waals surface area contributed by atoms with Crippen molar-refractivity contribution in [1.82, 2.24) is 0 Å². The largest absolute Gasteiger partial charge is 0.494 e. The molecule has 0 aromatic heterocycles. The summed E-state index contributed by atoms with van der Waals surface area (Å²) in [5, 5.41) is 8.81. The van der Waals surface area contributed by atoms with Crippen LogP contribution in [-0.4, -0.2) is 30.8 Å². The highest BCUT2D eigenvalue weighted by Crippen LogP contribution is 2.33. The Morgan fingerprint density at radius 2 is 1.24 bits per heavy atom. The van der Waals surface area contributed by atoms with Gasteiger partial charge >= 0.3 is 0 Å². The van der Waals surface area contributed by atoms with E-state index >= 15 is 0 Å². The average molecular weight is 363 g/mol. The van der Waals surface area contributed by atoms with Gasteiger partial charge in [-0.25, -0.2) is 0 Å². The molecule has 0 amide bonds. The van der Waals surface area contributed by atoms with Gasteiger partial charge in [-0.05, 0) is 41.8 Å². The van der Waals surface area contributed by atoms with Crippen molar-refractivity contribution >= 4 is 11.6 Å². The van der Waals surface area contributed by atoms with Crippen molar-refractivity contribution in [3.05, 3.63) is 59.7 Å². The fourth-order valence-corrected chi connectivity index (χ4v) is 2.71. The summed E-state index contributed by atoms with van der Waals surface area (Å²) in [5.41, 5.74) is 2.34. The topological polar surface area (TPSA) is 38.7 Å². The molecule has 2 rings (SSSR count). The molecule has 0 unspecified atom stereocenters. The van der Waals surface area contributed by atoms with Gasteiger partial charge < -0.3 is 14.6 Å². The smallest absolute Gasteiger partial charge is 0.119 e. The van der Waals surface area contributed by atoms with Crippen LogP contribution >= 0.6 is 11.6 Å². The zero-order chi connectivity index (χ0) is 18.1. The van der Waals surface area contributed by atoms with Crippen molar-refractivity contribution in [2.45, 2.75) is 32.1 Å². The first-order valence-corrected chi connectivity index (χ1v) is 9.25. The summed E-state index contributed by atoms with van der Waals surface area (Å²) in [6.45, 7) is 5.74. The van der Waals surface area contributed by atoms with E-state index in [1.807, 2.05) is 24.3 Å². The number of aliphatic hydroxyl groups is 1. The summed E-state index contributed by atoms with van der Waals surface area (Å²) < 4.78 is 11.3. The molecular formula is C21H27ClO3. The maximum Gasteiger partial charge on any atom is 0.119 e. The van der Waals surface area contributed by atoms with Crippen molar-refractivity contribution < 1.29 is 14.6 Å². The highest BCUT2D eigenvalue weighted by atomic mass is 35.5. The van der Waals surface area contributed by atoms with Crippen LogP contribution in [0.5, 0.6) is 11.5 Å². The minimum Gasteiger partial charge on any atom is -0.494 e. The van der Waals surface area contributed by atoms with E-state index in [9.17, 15) is 0 Å². The number of aliphatic hydroxyl groups excluding tert-OH is 1. The standard InChI is InChI=1S/C21H27ClO3/c1-21(2,17-5-9-19(10-6-17)24-15-3-13-22)18-7-11-20(12-8-18)25-16-4-14-23/h5-12,23H,3-4,13-16H2,1-2H3. The lowest BCUT2D eigenvalue weighted by molar-refractivity contribution is 0.233. The third-order valence-electron chi connectivity index (χ3n) is 4.27. The number of halogens is 1. The number of benzene rings is 2. The van der Waals surface area contributed by atoms with E-state index in [1.54, 1.807) is 0 Å². The lowest BCUT2D eigenvalue weighted by atomic mass is 9.78. The maximum absolute atomic E-state index is 8.81. The molecule has 0 radical (unpaired) electrons. The molecule has 25 heavy (non-hydrogen) atoms. The number of hydrogen-bond donors (Lipinski definition) is 1. The average Bonchev–Trinajstić information content (AvgIpc) is 2.63. The predicted molar refractivity (Wildman–Crippen MR) is 103 cm³/mol. The highest BCUT2D eigenvalue weighted by molar-refractivity contribution is 6.17. The molecule has 0 aliphatic rings. The molecular weight excluding hydrogens is 336 g/mol. The summed E-state index contributed by atoms with van der Waals surface area (Å²) in [6.07, 6.45) is 1.49. The second-order valence-electron chi connectivity index (χ2n) is 6.49. The molecule has 0 bridgehead atoms. The van der Waals surface area contributed by atoms with Gasteiger partial charge in [-0.15, -0.1) is 11.6 Å². The Hall–Kier alpha value is -1.71. The summed E-state index contributed by atoms with van der Waals surface area (Å²) >= 11 is 5.67. The van der Waals surface area contributed by atoms with E-state index in [-0.39, 0.29) is 12.0 Å². The predicted octanol–water partition coefficient (Wildman–Crippen LogP) is 4.78. The van der Waals surface area contributed by atoms with E-state index in [2.05, 4.69) is 38.1 Å². The number of rotatable bonds is 10. The van der Waals surface area contributed by atoms with Crippen LogP contribution in [0, 0.1) is 0 Å². The third kappa shape index (κ3) is 5.65. The Morgan fingerprint density at radius 3 is 1.64 bits per heavy atom. The van der Waals surface area contributed by atoms with Gasteiger partial charge in [-0.3, -0.25) is 0 Å². The van der Waals surface area contributed by atoms with E-state index < -0.39 is 0 Å². The van der Waals surface area contributed by atoms with Crippen molar-refractivity contribution in [3.63, 3.8) is 0 Å². The van der Waals surface area contributed by atoms with Crippen molar-refractivity contribution in [2.75, 3.05) is 25.7 Å². The molecule has 2 aromatic carbocycles. The number of ether oxygens (including phenoxy) is 2. The van der Waals surface area contributed by atoms with Gasteiger partial charge in [-0.2, -0.15) is 0 Å². The zero-order valence-corrected chi connectivity index (χ0v) is 15.8. The molecule has 3 nitrogen and oxygen atoms in total. The van der Waals surface area contributed by atoms with Gasteiger partial charge in [0, 0.05) is 24.3 Å². The molecule has 0 spiro atoms. The van der Waals surface area contributed by atoms with Crippen molar-refractivity contribution in [1.29, 1.82) is 0 Å². The Morgan fingerprint density at radius 1 is 0.800 bits per heavy atom. The molecule has 0 atom stereocenters. The fraction of sp³-hybridized carbons (Fsp3) is 0.429. The SMILES string of the molecule is CC(C)(c1ccc(OCCCO)cc1)c1ccc(OCCCCl)cc1. The first-order chi connectivity index (χ1) is 12.1. The number of alkyl halides is 1. The molecule has 136 valence electrons. The molecule has 0 heterocycles. The molecule has 4 heteroatoms. The Balaban J connectivity index is 2.04. The molecule has 0 aliphatic heterocycles. The van der Waals surface area contributed by atoms with Gasteiger partial charge in [-0.1, -0.05) is 38.1 Å². The summed E-state index contributed by atoms with van der Waals surface area (Å²) in [6, 6.07) is 16.4. The second-order valence-corrected chi connectivity index (χ2v) is 6.87. The van der Waals surface area contributed by atoms with Crippen molar-refractivity contribution in [3.8, 4) is 11.5 Å². The van der Waals surface area contributed by atoms with Crippen LogP contribution in [0.1, 0.15) is 37.8 Å². The lowest BCUT2D eigenvalue weighted by Gasteiger charge is -2.26. The van der Waals surface area contributed by atoms with Gasteiger partial charge in [0.15, 0.2) is 0 Å². The van der Waals surface area contributed by atoms with Crippen LogP contribution < -0.4 is 9.47 Å². The Kier molecular flexibility index (Phi) is 7.60. The Bertz CT molecular complexity index is 565. The second kappa shape index (κ2) is 9.69. The zero-order valence-electron chi connectivity index (χ0n) is 15.0. The van der Waals surface area contributed by atoms with Crippen molar-refractivity contribution in [2.24, 2.45) is 0 Å². The molecule has 1 N–H and O–H groups in total. The summed E-state index contributed by atoms with van der Waals surface area (Å²) in [7, 11) is 0. The van der Waals surface area contributed by atoms with Crippen LogP contribution in [0.2, 0.25) is 0 Å². The third-order valence-corrected chi connectivity index (χ3v) is 4.54.